The second-order valence-electron chi connectivity index (χ2n) is 6.47. The van der Waals surface area contributed by atoms with Crippen LogP contribution in [0.4, 0.5) is 5.69 Å². The number of hydrogen-bond donors (Lipinski definition) is 3. The molecule has 2 heterocycles. The predicted molar refractivity (Wildman–Crippen MR) is 112 cm³/mol. The molecular formula is C22H22N4O3. The first-order valence-electron chi connectivity index (χ1n) is 9.31. The quantitative estimate of drug-likeness (QED) is 0.426. The molecule has 0 amide bonds. The predicted octanol–water partition coefficient (Wildman–Crippen LogP) is 3.62. The van der Waals surface area contributed by atoms with Gasteiger partial charge in [-0.05, 0) is 48.0 Å². The summed E-state index contributed by atoms with van der Waals surface area (Å²) in [6.07, 6.45) is 3.53. The average molecular weight is 390 g/mol. The standard InChI is InChI=1S/C22H22N4O3/c1-28-20-7-4-15(11-21(20)29-10-9-27)13-24-17-5-6-18-19(12-17)26-22(25-18)16-3-2-8-23-14-16/h2-8,11-12,14,24,27H,9-10,13H2,1H3,(H,25,26). The van der Waals surface area contributed by atoms with Crippen LogP contribution in [0.25, 0.3) is 22.4 Å². The molecule has 0 bridgehead atoms. The zero-order valence-corrected chi connectivity index (χ0v) is 16.1. The number of aromatic amines is 1. The molecule has 148 valence electrons. The summed E-state index contributed by atoms with van der Waals surface area (Å²) in [6.45, 7) is 0.800. The van der Waals surface area contributed by atoms with Gasteiger partial charge in [0.2, 0.25) is 0 Å². The number of aliphatic hydroxyl groups is 1. The van der Waals surface area contributed by atoms with Crippen LogP contribution in [0.2, 0.25) is 0 Å². The lowest BCUT2D eigenvalue weighted by Crippen LogP contribution is -2.05. The topological polar surface area (TPSA) is 92.3 Å². The van der Waals surface area contributed by atoms with Gasteiger partial charge in [0.05, 0.1) is 24.8 Å². The highest BCUT2D eigenvalue weighted by Gasteiger charge is 2.08. The first-order valence-corrected chi connectivity index (χ1v) is 9.31. The van der Waals surface area contributed by atoms with Gasteiger partial charge < -0.3 is 24.9 Å². The molecule has 0 saturated carbocycles. The number of pyridine rings is 1. The van der Waals surface area contributed by atoms with Gasteiger partial charge in [0.25, 0.3) is 0 Å². The number of aromatic nitrogens is 3. The van der Waals surface area contributed by atoms with Crippen LogP contribution in [0.1, 0.15) is 5.56 Å². The SMILES string of the molecule is COc1ccc(CNc2ccc3nc(-c4cccnc4)[nH]c3c2)cc1OCCO. The summed E-state index contributed by atoms with van der Waals surface area (Å²) in [5, 5.41) is 12.4. The number of H-pyrrole nitrogens is 1. The monoisotopic (exact) mass is 390 g/mol. The molecule has 0 saturated heterocycles. The molecule has 2 aromatic carbocycles. The third kappa shape index (κ3) is 4.30. The fraction of sp³-hybridized carbons (Fsp3) is 0.182. The van der Waals surface area contributed by atoms with Gasteiger partial charge in [-0.1, -0.05) is 6.07 Å². The molecule has 0 fully saturated rings. The molecule has 4 aromatic rings. The molecule has 0 aliphatic rings. The van der Waals surface area contributed by atoms with E-state index in [9.17, 15) is 0 Å². The Bertz CT molecular complexity index is 1100. The fourth-order valence-corrected chi connectivity index (χ4v) is 3.06. The van der Waals surface area contributed by atoms with E-state index in [0.29, 0.717) is 18.0 Å². The maximum atomic E-state index is 8.98. The van der Waals surface area contributed by atoms with Crippen LogP contribution in [-0.4, -0.2) is 40.4 Å². The van der Waals surface area contributed by atoms with Crippen LogP contribution < -0.4 is 14.8 Å². The number of nitrogens with zero attached hydrogens (tertiary/aromatic N) is 2. The average Bonchev–Trinajstić information content (AvgIpc) is 3.20. The second-order valence-corrected chi connectivity index (χ2v) is 6.47. The van der Waals surface area contributed by atoms with Crippen molar-refractivity contribution in [1.29, 1.82) is 0 Å². The largest absolute Gasteiger partial charge is 0.493 e. The van der Waals surface area contributed by atoms with E-state index in [2.05, 4.69) is 20.3 Å². The molecule has 2 aromatic heterocycles. The highest BCUT2D eigenvalue weighted by Crippen LogP contribution is 2.29. The minimum Gasteiger partial charge on any atom is -0.493 e. The maximum Gasteiger partial charge on any atom is 0.161 e. The van der Waals surface area contributed by atoms with Crippen LogP contribution >= 0.6 is 0 Å². The van der Waals surface area contributed by atoms with Crippen molar-refractivity contribution in [3.63, 3.8) is 0 Å². The molecular weight excluding hydrogens is 368 g/mol. The van der Waals surface area contributed by atoms with Gasteiger partial charge in [-0.3, -0.25) is 4.98 Å². The molecule has 0 unspecified atom stereocenters. The van der Waals surface area contributed by atoms with Crippen molar-refractivity contribution < 1.29 is 14.6 Å². The van der Waals surface area contributed by atoms with Crippen LogP contribution in [-0.2, 0) is 6.54 Å². The van der Waals surface area contributed by atoms with E-state index in [1.807, 2.05) is 48.5 Å². The normalized spacial score (nSPS) is 10.8. The van der Waals surface area contributed by atoms with E-state index in [-0.39, 0.29) is 13.2 Å². The van der Waals surface area contributed by atoms with E-state index < -0.39 is 0 Å². The molecule has 0 spiro atoms. The number of hydrogen-bond acceptors (Lipinski definition) is 6. The lowest BCUT2D eigenvalue weighted by molar-refractivity contribution is 0.196. The second kappa shape index (κ2) is 8.62. The number of aliphatic hydroxyl groups excluding tert-OH is 1. The zero-order chi connectivity index (χ0) is 20.1. The number of imidazole rings is 1. The molecule has 0 radical (unpaired) electrons. The Labute approximate surface area is 168 Å². The Kier molecular flexibility index (Phi) is 5.58. The summed E-state index contributed by atoms with van der Waals surface area (Å²) in [7, 11) is 1.60. The Morgan fingerprint density at radius 3 is 2.83 bits per heavy atom. The van der Waals surface area contributed by atoms with E-state index in [0.717, 1.165) is 33.7 Å². The summed E-state index contributed by atoms with van der Waals surface area (Å²) in [4.78, 5) is 12.1. The highest BCUT2D eigenvalue weighted by molar-refractivity contribution is 5.82. The number of ether oxygens (including phenoxy) is 2. The van der Waals surface area contributed by atoms with Crippen molar-refractivity contribution in [3.05, 3.63) is 66.5 Å². The fourth-order valence-electron chi connectivity index (χ4n) is 3.06. The third-order valence-corrected chi connectivity index (χ3v) is 4.49. The van der Waals surface area contributed by atoms with Crippen molar-refractivity contribution in [3.8, 4) is 22.9 Å². The summed E-state index contributed by atoms with van der Waals surface area (Å²) < 4.78 is 10.9. The van der Waals surface area contributed by atoms with E-state index >= 15 is 0 Å². The van der Waals surface area contributed by atoms with Crippen molar-refractivity contribution >= 4 is 16.7 Å². The molecule has 0 aliphatic heterocycles. The molecule has 4 rings (SSSR count). The minimum atomic E-state index is -0.0448. The van der Waals surface area contributed by atoms with Gasteiger partial charge in [0, 0.05) is 30.2 Å². The lowest BCUT2D eigenvalue weighted by Gasteiger charge is -2.12. The zero-order valence-electron chi connectivity index (χ0n) is 16.1. The van der Waals surface area contributed by atoms with Crippen LogP contribution in [0.5, 0.6) is 11.5 Å². The Morgan fingerprint density at radius 1 is 1.10 bits per heavy atom. The van der Waals surface area contributed by atoms with Crippen molar-refractivity contribution in [1.82, 2.24) is 15.0 Å². The summed E-state index contributed by atoms with van der Waals surface area (Å²) in [5.41, 5.74) is 4.83. The van der Waals surface area contributed by atoms with Crippen LogP contribution in [0.3, 0.4) is 0 Å². The van der Waals surface area contributed by atoms with Gasteiger partial charge in [-0.2, -0.15) is 0 Å². The first kappa shape index (κ1) is 18.8. The minimum absolute atomic E-state index is 0.0448. The highest BCUT2D eigenvalue weighted by atomic mass is 16.5. The number of rotatable bonds is 8. The summed E-state index contributed by atoms with van der Waals surface area (Å²) in [5.74, 6) is 2.06. The maximum absolute atomic E-state index is 8.98. The summed E-state index contributed by atoms with van der Waals surface area (Å²) in [6, 6.07) is 15.6. The Morgan fingerprint density at radius 2 is 2.03 bits per heavy atom. The lowest BCUT2D eigenvalue weighted by atomic mass is 10.2. The van der Waals surface area contributed by atoms with Gasteiger partial charge in [-0.25, -0.2) is 4.98 Å². The number of fused-ring (bicyclic) bond motifs is 1. The number of anilines is 1. The first-order chi connectivity index (χ1) is 14.3. The number of methoxy groups -OCH3 is 1. The van der Waals surface area contributed by atoms with Gasteiger partial charge in [-0.15, -0.1) is 0 Å². The Hall–Kier alpha value is -3.58. The van der Waals surface area contributed by atoms with Crippen molar-refractivity contribution in [2.24, 2.45) is 0 Å². The van der Waals surface area contributed by atoms with Gasteiger partial charge in [0.1, 0.15) is 12.4 Å². The smallest absolute Gasteiger partial charge is 0.161 e. The molecule has 7 nitrogen and oxygen atoms in total. The third-order valence-electron chi connectivity index (χ3n) is 4.49. The number of nitrogens with one attached hydrogen (secondary N) is 2. The molecule has 0 aliphatic carbocycles. The molecule has 7 heteroatoms. The van der Waals surface area contributed by atoms with Crippen molar-refractivity contribution in [2.45, 2.75) is 6.54 Å². The molecule has 3 N–H and O–H groups in total. The van der Waals surface area contributed by atoms with E-state index in [4.69, 9.17) is 14.6 Å². The van der Waals surface area contributed by atoms with E-state index in [1.54, 1.807) is 19.5 Å². The van der Waals surface area contributed by atoms with E-state index in [1.165, 1.54) is 0 Å². The van der Waals surface area contributed by atoms with Gasteiger partial charge >= 0.3 is 0 Å². The van der Waals surface area contributed by atoms with Gasteiger partial charge in [0.15, 0.2) is 11.5 Å². The number of benzene rings is 2. The van der Waals surface area contributed by atoms with Crippen LogP contribution in [0, 0.1) is 0 Å². The van der Waals surface area contributed by atoms with Crippen LogP contribution in [0.15, 0.2) is 60.9 Å². The molecule has 0 atom stereocenters. The summed E-state index contributed by atoms with van der Waals surface area (Å²) >= 11 is 0. The Balaban J connectivity index is 1.49. The molecule has 29 heavy (non-hydrogen) atoms. The van der Waals surface area contributed by atoms with Crippen molar-refractivity contribution in [2.75, 3.05) is 25.6 Å².